The number of benzene rings is 1. The maximum absolute atomic E-state index is 12.6. The summed E-state index contributed by atoms with van der Waals surface area (Å²) in [5, 5.41) is 12.5. The Morgan fingerprint density at radius 1 is 1.19 bits per heavy atom. The first kappa shape index (κ1) is 13.5. The third-order valence-corrected chi connectivity index (χ3v) is 3.50. The molecule has 3 aromatic rings. The first-order valence-corrected chi connectivity index (χ1v) is 6.96. The lowest BCUT2D eigenvalue weighted by Gasteiger charge is -2.05. The Morgan fingerprint density at radius 2 is 2.00 bits per heavy atom. The number of rotatable bonds is 3. The van der Waals surface area contributed by atoms with Crippen LogP contribution in [0.1, 0.15) is 23.7 Å². The summed E-state index contributed by atoms with van der Waals surface area (Å²) in [7, 11) is 0. The highest BCUT2D eigenvalue weighted by Gasteiger charge is 2.14. The predicted molar refractivity (Wildman–Crippen MR) is 80.3 cm³/mol. The topological polar surface area (TPSA) is 65.6 Å². The molecule has 0 N–H and O–H groups in total. The second-order valence-corrected chi connectivity index (χ2v) is 5.14. The van der Waals surface area contributed by atoms with E-state index in [0.29, 0.717) is 24.1 Å². The van der Waals surface area contributed by atoms with Crippen molar-refractivity contribution in [2.24, 2.45) is 0 Å². The van der Waals surface area contributed by atoms with Crippen LogP contribution >= 0.6 is 0 Å². The zero-order chi connectivity index (χ0) is 15.0. The summed E-state index contributed by atoms with van der Waals surface area (Å²) < 4.78 is 3.08. The van der Waals surface area contributed by atoms with E-state index in [4.69, 9.17) is 0 Å². The second-order valence-electron chi connectivity index (χ2n) is 5.14. The lowest BCUT2D eigenvalue weighted by molar-refractivity contribution is 0.591. The van der Waals surface area contributed by atoms with Crippen LogP contribution in [0.3, 0.4) is 0 Å². The van der Waals surface area contributed by atoms with Crippen LogP contribution in [-0.2, 0) is 13.1 Å². The summed E-state index contributed by atoms with van der Waals surface area (Å²) in [6, 6.07) is 8.02. The minimum absolute atomic E-state index is 0.149. The molecule has 0 saturated carbocycles. The zero-order valence-corrected chi connectivity index (χ0v) is 12.4. The summed E-state index contributed by atoms with van der Waals surface area (Å²) in [6.07, 6.45) is 0. The lowest BCUT2D eigenvalue weighted by atomic mass is 10.1. The standard InChI is InChI=1S/C15H17N5O/c1-4-19-14-13(11(3)17-19)16-18-20(15(14)21)9-12-7-5-6-10(2)8-12/h5-8H,4,9H2,1-3H3. The van der Waals surface area contributed by atoms with Gasteiger partial charge in [-0.15, -0.1) is 5.10 Å². The third kappa shape index (κ3) is 2.33. The molecule has 0 fully saturated rings. The Hall–Kier alpha value is -2.50. The van der Waals surface area contributed by atoms with Crippen LogP contribution in [0.4, 0.5) is 0 Å². The van der Waals surface area contributed by atoms with Gasteiger partial charge in [0.25, 0.3) is 5.56 Å². The van der Waals surface area contributed by atoms with E-state index in [2.05, 4.69) is 15.4 Å². The van der Waals surface area contributed by atoms with Crippen LogP contribution in [0.2, 0.25) is 0 Å². The van der Waals surface area contributed by atoms with Gasteiger partial charge in [0.1, 0.15) is 5.52 Å². The molecule has 6 nitrogen and oxygen atoms in total. The van der Waals surface area contributed by atoms with E-state index in [-0.39, 0.29) is 5.56 Å². The Balaban J connectivity index is 2.12. The van der Waals surface area contributed by atoms with Crippen LogP contribution in [0, 0.1) is 13.8 Å². The van der Waals surface area contributed by atoms with Crippen molar-refractivity contribution >= 4 is 11.0 Å². The summed E-state index contributed by atoms with van der Waals surface area (Å²) in [5.74, 6) is 0. The van der Waals surface area contributed by atoms with Crippen molar-refractivity contribution in [3.8, 4) is 0 Å². The smallest absolute Gasteiger partial charge is 0.265 e. The molecule has 0 atom stereocenters. The molecule has 1 aromatic carbocycles. The highest BCUT2D eigenvalue weighted by Crippen LogP contribution is 2.11. The van der Waals surface area contributed by atoms with Crippen molar-refractivity contribution in [3.63, 3.8) is 0 Å². The normalized spacial score (nSPS) is 11.2. The van der Waals surface area contributed by atoms with Gasteiger partial charge >= 0.3 is 0 Å². The van der Waals surface area contributed by atoms with Crippen molar-refractivity contribution in [3.05, 3.63) is 51.4 Å². The van der Waals surface area contributed by atoms with Crippen molar-refractivity contribution in [2.45, 2.75) is 33.9 Å². The van der Waals surface area contributed by atoms with Gasteiger partial charge in [-0.3, -0.25) is 9.48 Å². The van der Waals surface area contributed by atoms with E-state index in [0.717, 1.165) is 16.8 Å². The van der Waals surface area contributed by atoms with E-state index in [1.807, 2.05) is 45.0 Å². The Morgan fingerprint density at radius 3 is 2.71 bits per heavy atom. The molecule has 0 saturated heterocycles. The molecule has 6 heteroatoms. The van der Waals surface area contributed by atoms with E-state index >= 15 is 0 Å². The first-order chi connectivity index (χ1) is 10.1. The molecule has 2 heterocycles. The Labute approximate surface area is 122 Å². The molecule has 0 radical (unpaired) electrons. The highest BCUT2D eigenvalue weighted by atomic mass is 16.1. The van der Waals surface area contributed by atoms with Crippen LogP contribution in [0.5, 0.6) is 0 Å². The molecule has 0 aliphatic heterocycles. The molecule has 2 aromatic heterocycles. The number of hydrogen-bond acceptors (Lipinski definition) is 4. The van der Waals surface area contributed by atoms with Crippen molar-refractivity contribution in [2.75, 3.05) is 0 Å². The first-order valence-electron chi connectivity index (χ1n) is 6.96. The Bertz CT molecular complexity index is 862. The molecule has 0 aliphatic carbocycles. The molecule has 0 bridgehead atoms. The van der Waals surface area contributed by atoms with Gasteiger partial charge in [0, 0.05) is 6.54 Å². The van der Waals surface area contributed by atoms with Gasteiger partial charge < -0.3 is 0 Å². The summed E-state index contributed by atoms with van der Waals surface area (Å²) >= 11 is 0. The van der Waals surface area contributed by atoms with Gasteiger partial charge in [0.15, 0.2) is 5.52 Å². The van der Waals surface area contributed by atoms with Gasteiger partial charge in [-0.2, -0.15) is 5.10 Å². The largest absolute Gasteiger partial charge is 0.296 e. The van der Waals surface area contributed by atoms with Gasteiger partial charge in [-0.1, -0.05) is 35.0 Å². The van der Waals surface area contributed by atoms with E-state index in [1.165, 1.54) is 4.68 Å². The quantitative estimate of drug-likeness (QED) is 0.733. The average molecular weight is 283 g/mol. The second kappa shape index (κ2) is 5.12. The minimum Gasteiger partial charge on any atom is -0.265 e. The Kier molecular flexibility index (Phi) is 3.29. The van der Waals surface area contributed by atoms with Crippen LogP contribution < -0.4 is 5.56 Å². The molecule has 0 unspecified atom stereocenters. The van der Waals surface area contributed by atoms with Crippen molar-refractivity contribution in [1.29, 1.82) is 0 Å². The number of aromatic nitrogens is 5. The summed E-state index contributed by atoms with van der Waals surface area (Å²) in [6.45, 7) is 6.87. The fraction of sp³-hybridized carbons (Fsp3) is 0.333. The molecule has 0 amide bonds. The SMILES string of the molecule is CCn1nc(C)c2nnn(Cc3cccc(C)c3)c(=O)c21. The average Bonchev–Trinajstić information content (AvgIpc) is 2.79. The van der Waals surface area contributed by atoms with Crippen LogP contribution in [0.15, 0.2) is 29.1 Å². The zero-order valence-electron chi connectivity index (χ0n) is 12.4. The van der Waals surface area contributed by atoms with Gasteiger partial charge in [0.2, 0.25) is 0 Å². The van der Waals surface area contributed by atoms with E-state index < -0.39 is 0 Å². The molecule has 108 valence electrons. The monoisotopic (exact) mass is 283 g/mol. The van der Waals surface area contributed by atoms with Gasteiger partial charge in [-0.25, -0.2) is 4.68 Å². The van der Waals surface area contributed by atoms with E-state index in [9.17, 15) is 4.79 Å². The lowest BCUT2D eigenvalue weighted by Crippen LogP contribution is -2.26. The fourth-order valence-electron chi connectivity index (χ4n) is 2.48. The third-order valence-electron chi connectivity index (χ3n) is 3.50. The number of nitrogens with zero attached hydrogens (tertiary/aromatic N) is 5. The fourth-order valence-corrected chi connectivity index (χ4v) is 2.48. The molecule has 0 spiro atoms. The number of fused-ring (bicyclic) bond motifs is 1. The minimum atomic E-state index is -0.149. The molecule has 3 rings (SSSR count). The van der Waals surface area contributed by atoms with Gasteiger partial charge in [-0.05, 0) is 26.3 Å². The number of aryl methyl sites for hydroxylation is 3. The summed E-state index contributed by atoms with van der Waals surface area (Å²) in [5.41, 5.74) is 3.89. The van der Waals surface area contributed by atoms with Crippen molar-refractivity contribution in [1.82, 2.24) is 24.8 Å². The van der Waals surface area contributed by atoms with Gasteiger partial charge in [0.05, 0.1) is 12.2 Å². The highest BCUT2D eigenvalue weighted by molar-refractivity contribution is 5.75. The molecular weight excluding hydrogens is 266 g/mol. The van der Waals surface area contributed by atoms with Crippen molar-refractivity contribution < 1.29 is 0 Å². The number of hydrogen-bond donors (Lipinski definition) is 0. The van der Waals surface area contributed by atoms with Crippen LogP contribution in [0.25, 0.3) is 11.0 Å². The van der Waals surface area contributed by atoms with Crippen LogP contribution in [-0.4, -0.2) is 24.8 Å². The maximum atomic E-state index is 12.6. The summed E-state index contributed by atoms with van der Waals surface area (Å²) in [4.78, 5) is 12.6. The molecular formula is C15H17N5O. The maximum Gasteiger partial charge on any atom is 0.296 e. The predicted octanol–water partition coefficient (Wildman–Crippen LogP) is 1.67. The van der Waals surface area contributed by atoms with E-state index in [1.54, 1.807) is 4.68 Å². The molecule has 21 heavy (non-hydrogen) atoms. The molecule has 0 aliphatic rings.